The molecule has 0 aliphatic carbocycles. The summed E-state index contributed by atoms with van der Waals surface area (Å²) in [4.78, 5) is 14.8. The van der Waals surface area contributed by atoms with Crippen LogP contribution in [0.3, 0.4) is 0 Å². The van der Waals surface area contributed by atoms with Crippen molar-refractivity contribution in [2.45, 2.75) is 38.8 Å². The summed E-state index contributed by atoms with van der Waals surface area (Å²) in [5, 5.41) is 10.7. The summed E-state index contributed by atoms with van der Waals surface area (Å²) in [6, 6.07) is 6.46. The Hall–Kier alpha value is -2.17. The topological polar surface area (TPSA) is 64.7 Å². The molecular weight excluding hydrogens is 256 g/mol. The predicted octanol–water partition coefficient (Wildman–Crippen LogP) is 3.59. The molecule has 1 atom stereocenters. The van der Waals surface area contributed by atoms with E-state index >= 15 is 0 Å². The number of non-ortho nitro benzene ring substituents is 1. The number of benzene rings is 1. The van der Waals surface area contributed by atoms with Gasteiger partial charge in [-0.25, -0.2) is 4.99 Å². The zero-order valence-corrected chi connectivity index (χ0v) is 11.9. The third-order valence-corrected chi connectivity index (χ3v) is 3.02. The van der Waals surface area contributed by atoms with Crippen LogP contribution in [0, 0.1) is 10.1 Å². The van der Waals surface area contributed by atoms with Gasteiger partial charge in [0, 0.05) is 24.6 Å². The molecule has 0 aromatic heterocycles. The van der Waals surface area contributed by atoms with Gasteiger partial charge in [0.1, 0.15) is 0 Å². The molecular formula is C15H18N2O3. The van der Waals surface area contributed by atoms with E-state index in [2.05, 4.69) is 18.8 Å². The Balaban J connectivity index is 2.19. The number of rotatable bonds is 3. The smallest absolute Gasteiger partial charge is 0.270 e. The molecule has 0 N–H and O–H groups in total. The van der Waals surface area contributed by atoms with Crippen molar-refractivity contribution in [2.75, 3.05) is 0 Å². The molecule has 5 heteroatoms. The van der Waals surface area contributed by atoms with Crippen molar-refractivity contribution in [2.24, 2.45) is 4.99 Å². The summed E-state index contributed by atoms with van der Waals surface area (Å²) in [5.74, 6) is 0.570. The molecule has 1 aromatic carbocycles. The lowest BCUT2D eigenvalue weighted by Crippen LogP contribution is -2.33. The van der Waals surface area contributed by atoms with Crippen LogP contribution in [0.5, 0.6) is 0 Å². The van der Waals surface area contributed by atoms with Crippen LogP contribution in [0.4, 0.5) is 5.69 Å². The minimum absolute atomic E-state index is 0.0762. The largest absolute Gasteiger partial charge is 0.475 e. The second-order valence-corrected chi connectivity index (χ2v) is 5.58. The highest BCUT2D eigenvalue weighted by atomic mass is 16.6. The van der Waals surface area contributed by atoms with Crippen LogP contribution >= 0.6 is 0 Å². The second kappa shape index (κ2) is 5.45. The third-order valence-electron chi connectivity index (χ3n) is 3.02. The summed E-state index contributed by atoms with van der Waals surface area (Å²) in [6.07, 6.45) is 4.53. The van der Waals surface area contributed by atoms with Gasteiger partial charge in [-0.05, 0) is 32.4 Å². The Bertz CT molecular complexity index is 576. The van der Waals surface area contributed by atoms with E-state index in [4.69, 9.17) is 4.74 Å². The third kappa shape index (κ3) is 3.66. The fraction of sp³-hybridized carbons (Fsp3) is 0.400. The monoisotopic (exact) mass is 274 g/mol. The molecule has 1 unspecified atom stereocenters. The zero-order chi connectivity index (χ0) is 14.8. The molecule has 2 rings (SSSR count). The van der Waals surface area contributed by atoms with Crippen LogP contribution < -0.4 is 0 Å². The molecule has 0 bridgehead atoms. The average molecular weight is 274 g/mol. The Kier molecular flexibility index (Phi) is 3.88. The molecule has 5 nitrogen and oxygen atoms in total. The van der Waals surface area contributed by atoms with E-state index in [-0.39, 0.29) is 17.3 Å². The van der Waals surface area contributed by atoms with Gasteiger partial charge in [0.15, 0.2) is 0 Å². The molecule has 0 amide bonds. The normalized spacial score (nSPS) is 21.4. The quantitative estimate of drug-likeness (QED) is 0.625. The van der Waals surface area contributed by atoms with Crippen LogP contribution in [-0.4, -0.2) is 22.5 Å². The van der Waals surface area contributed by atoms with Gasteiger partial charge in [-0.3, -0.25) is 10.1 Å². The fourth-order valence-electron chi connectivity index (χ4n) is 2.31. The van der Waals surface area contributed by atoms with E-state index in [0.717, 1.165) is 12.0 Å². The van der Waals surface area contributed by atoms with Gasteiger partial charge >= 0.3 is 0 Å². The summed E-state index contributed by atoms with van der Waals surface area (Å²) in [7, 11) is 0. The van der Waals surface area contributed by atoms with Crippen LogP contribution in [0.2, 0.25) is 0 Å². The van der Waals surface area contributed by atoms with Crippen molar-refractivity contribution < 1.29 is 9.66 Å². The van der Waals surface area contributed by atoms with Crippen molar-refractivity contribution in [3.63, 3.8) is 0 Å². The molecule has 0 spiro atoms. The maximum absolute atomic E-state index is 10.7. The standard InChI is InChI=1S/C15H18N2O3/c1-11-10-15(2,3)16-14(20-11)8-7-12-5-4-6-13(9-12)17(18)19/h4-9,11H,10H2,1-3H3/b8-7+. The first-order chi connectivity index (χ1) is 9.35. The fourth-order valence-corrected chi connectivity index (χ4v) is 2.31. The summed E-state index contributed by atoms with van der Waals surface area (Å²) < 4.78 is 5.65. The van der Waals surface area contributed by atoms with E-state index in [1.807, 2.05) is 13.0 Å². The van der Waals surface area contributed by atoms with Gasteiger partial charge in [-0.1, -0.05) is 12.1 Å². The number of hydrogen-bond acceptors (Lipinski definition) is 4. The molecule has 0 saturated heterocycles. The van der Waals surface area contributed by atoms with Crippen molar-refractivity contribution in [3.8, 4) is 0 Å². The molecule has 0 fully saturated rings. The van der Waals surface area contributed by atoms with Gasteiger partial charge in [-0.15, -0.1) is 0 Å². The number of aliphatic imine (C=N–C) groups is 1. The lowest BCUT2D eigenvalue weighted by Gasteiger charge is -2.30. The van der Waals surface area contributed by atoms with Crippen LogP contribution in [-0.2, 0) is 4.74 Å². The molecule has 20 heavy (non-hydrogen) atoms. The Morgan fingerprint density at radius 1 is 1.45 bits per heavy atom. The SMILES string of the molecule is CC1CC(C)(C)N=C(/C=C/c2cccc([N+](=O)[O-])c2)O1. The number of nitro benzene ring substituents is 1. The Morgan fingerprint density at radius 2 is 2.20 bits per heavy atom. The van der Waals surface area contributed by atoms with Crippen molar-refractivity contribution in [1.29, 1.82) is 0 Å². The van der Waals surface area contributed by atoms with Gasteiger partial charge in [0.25, 0.3) is 5.69 Å². The average Bonchev–Trinajstić information content (AvgIpc) is 2.34. The molecule has 1 heterocycles. The molecule has 1 aliphatic rings. The summed E-state index contributed by atoms with van der Waals surface area (Å²) >= 11 is 0. The molecule has 0 saturated carbocycles. The van der Waals surface area contributed by atoms with Crippen molar-refractivity contribution >= 4 is 17.7 Å². The van der Waals surface area contributed by atoms with E-state index in [9.17, 15) is 10.1 Å². The Morgan fingerprint density at radius 3 is 2.85 bits per heavy atom. The first kappa shape index (κ1) is 14.2. The van der Waals surface area contributed by atoms with Gasteiger partial charge < -0.3 is 4.74 Å². The van der Waals surface area contributed by atoms with Crippen molar-refractivity contribution in [3.05, 3.63) is 46.0 Å². The lowest BCUT2D eigenvalue weighted by atomic mass is 9.97. The molecule has 0 radical (unpaired) electrons. The minimum atomic E-state index is -0.406. The highest BCUT2D eigenvalue weighted by Crippen LogP contribution is 2.24. The van der Waals surface area contributed by atoms with E-state index in [1.165, 1.54) is 12.1 Å². The first-order valence-corrected chi connectivity index (χ1v) is 6.55. The molecule has 106 valence electrons. The van der Waals surface area contributed by atoms with Gasteiger partial charge in [0.05, 0.1) is 16.6 Å². The molecule has 1 aliphatic heterocycles. The Labute approximate surface area is 118 Å². The number of nitrogens with zero attached hydrogens (tertiary/aromatic N) is 2. The second-order valence-electron chi connectivity index (χ2n) is 5.58. The summed E-state index contributed by atoms with van der Waals surface area (Å²) in [5.41, 5.74) is 0.689. The van der Waals surface area contributed by atoms with Crippen LogP contribution in [0.1, 0.15) is 32.8 Å². The number of ether oxygens (including phenoxy) is 1. The number of nitro groups is 1. The highest BCUT2D eigenvalue weighted by Gasteiger charge is 2.26. The van der Waals surface area contributed by atoms with Gasteiger partial charge in [-0.2, -0.15) is 0 Å². The first-order valence-electron chi connectivity index (χ1n) is 6.55. The predicted molar refractivity (Wildman–Crippen MR) is 78.8 cm³/mol. The zero-order valence-electron chi connectivity index (χ0n) is 11.9. The highest BCUT2D eigenvalue weighted by molar-refractivity contribution is 5.92. The van der Waals surface area contributed by atoms with Crippen molar-refractivity contribution in [1.82, 2.24) is 0 Å². The van der Waals surface area contributed by atoms with Crippen LogP contribution in [0.15, 0.2) is 35.3 Å². The molecule has 1 aromatic rings. The maximum atomic E-state index is 10.7. The van der Waals surface area contributed by atoms with E-state index in [0.29, 0.717) is 5.90 Å². The maximum Gasteiger partial charge on any atom is 0.270 e. The van der Waals surface area contributed by atoms with Gasteiger partial charge in [0.2, 0.25) is 5.90 Å². The lowest BCUT2D eigenvalue weighted by molar-refractivity contribution is -0.384. The van der Waals surface area contributed by atoms with E-state index in [1.54, 1.807) is 18.2 Å². The van der Waals surface area contributed by atoms with E-state index < -0.39 is 4.92 Å². The number of hydrogen-bond donors (Lipinski definition) is 0. The summed E-state index contributed by atoms with van der Waals surface area (Å²) in [6.45, 7) is 6.14. The minimum Gasteiger partial charge on any atom is -0.475 e. The van der Waals surface area contributed by atoms with Crippen LogP contribution in [0.25, 0.3) is 6.08 Å².